The topological polar surface area (TPSA) is 69.7 Å². The van der Waals surface area contributed by atoms with Gasteiger partial charge < -0.3 is 9.47 Å². The molecule has 0 atom stereocenters. The smallest absolute Gasteiger partial charge is 0.311 e. The second-order valence-electron chi connectivity index (χ2n) is 7.86. The van der Waals surface area contributed by atoms with Crippen LogP contribution < -0.4 is 9.47 Å². The van der Waals surface area contributed by atoms with E-state index in [2.05, 4.69) is 0 Å². The monoisotopic (exact) mass is 386 g/mol. The molecule has 0 radical (unpaired) electrons. The third-order valence-corrected chi connectivity index (χ3v) is 8.27. The van der Waals surface area contributed by atoms with Gasteiger partial charge in [0, 0.05) is 0 Å². The van der Waals surface area contributed by atoms with E-state index >= 15 is 0 Å². The third kappa shape index (κ3) is 2.92. The van der Waals surface area contributed by atoms with Crippen molar-refractivity contribution in [2.75, 3.05) is 7.11 Å². The van der Waals surface area contributed by atoms with Crippen LogP contribution in [0.15, 0.2) is 53.4 Å². The molecule has 3 saturated carbocycles. The Kier molecular flexibility index (Phi) is 4.07. The molecule has 3 fully saturated rings. The molecule has 2 bridgehead atoms. The Morgan fingerprint density at radius 1 is 0.963 bits per heavy atom. The van der Waals surface area contributed by atoms with Crippen molar-refractivity contribution in [2.45, 2.75) is 42.2 Å². The molecule has 0 N–H and O–H groups in total. The van der Waals surface area contributed by atoms with Gasteiger partial charge in [-0.1, -0.05) is 17.7 Å². The first-order chi connectivity index (χ1) is 12.8. The average molecular weight is 386 g/mol. The van der Waals surface area contributed by atoms with Gasteiger partial charge in [0.15, 0.2) is 9.84 Å². The highest BCUT2D eigenvalue weighted by Crippen LogP contribution is 2.73. The van der Waals surface area contributed by atoms with Gasteiger partial charge in [0.2, 0.25) is 0 Å². The molecule has 0 aromatic heterocycles. The maximum Gasteiger partial charge on any atom is 0.311 e. The van der Waals surface area contributed by atoms with Crippen molar-refractivity contribution < 1.29 is 22.7 Å². The molecule has 5 nitrogen and oxygen atoms in total. The van der Waals surface area contributed by atoms with Crippen LogP contribution >= 0.6 is 0 Å². The molecule has 0 saturated heterocycles. The largest absolute Gasteiger partial charge is 0.497 e. The zero-order valence-electron chi connectivity index (χ0n) is 15.4. The second kappa shape index (κ2) is 6.09. The molecule has 5 rings (SSSR count). The molecule has 3 aliphatic rings. The van der Waals surface area contributed by atoms with Crippen LogP contribution in [0, 0.1) is 12.3 Å². The van der Waals surface area contributed by atoms with E-state index in [1.165, 1.54) is 0 Å². The average Bonchev–Trinajstić information content (AvgIpc) is 2.57. The minimum absolute atomic E-state index is 0.221. The fourth-order valence-corrected chi connectivity index (χ4v) is 6.94. The van der Waals surface area contributed by atoms with E-state index in [1.54, 1.807) is 43.5 Å². The predicted molar refractivity (Wildman–Crippen MR) is 101 cm³/mol. The Bertz CT molecular complexity index is 954. The van der Waals surface area contributed by atoms with Gasteiger partial charge in [0.25, 0.3) is 0 Å². The minimum atomic E-state index is -3.36. The Balaban J connectivity index is 1.37. The molecule has 0 heterocycles. The fraction of sp³-hybridized carbons (Fsp3) is 0.381. The summed E-state index contributed by atoms with van der Waals surface area (Å²) in [7, 11) is -1.79. The van der Waals surface area contributed by atoms with Gasteiger partial charge in [-0.2, -0.15) is 0 Å². The molecule has 3 aliphatic carbocycles. The quantitative estimate of drug-likeness (QED) is 0.559. The molecule has 27 heavy (non-hydrogen) atoms. The number of rotatable bonds is 6. The number of carbonyl (C=O) groups excluding carboxylic acids is 1. The van der Waals surface area contributed by atoms with E-state index < -0.39 is 14.6 Å². The summed E-state index contributed by atoms with van der Waals surface area (Å²) in [5.74, 6) is 0.841. The molecule has 0 aliphatic heterocycles. The summed E-state index contributed by atoms with van der Waals surface area (Å²) in [5.41, 5.74) is 0.811. The summed E-state index contributed by atoms with van der Waals surface area (Å²) in [6.45, 7) is 1.93. The summed E-state index contributed by atoms with van der Waals surface area (Å²) in [6.07, 6.45) is 1.86. The lowest BCUT2D eigenvalue weighted by atomic mass is 9.42. The van der Waals surface area contributed by atoms with Crippen molar-refractivity contribution in [3.8, 4) is 11.5 Å². The molecular formula is C21H22O5S. The van der Waals surface area contributed by atoms with Crippen molar-refractivity contribution in [2.24, 2.45) is 5.41 Å². The van der Waals surface area contributed by atoms with Crippen LogP contribution in [-0.2, 0) is 14.6 Å². The predicted octanol–water partition coefficient (Wildman–Crippen LogP) is 3.70. The van der Waals surface area contributed by atoms with E-state index in [4.69, 9.17) is 9.47 Å². The zero-order chi connectivity index (χ0) is 19.3. The number of esters is 1. The van der Waals surface area contributed by atoms with Crippen molar-refractivity contribution >= 4 is 15.8 Å². The van der Waals surface area contributed by atoms with E-state index in [0.29, 0.717) is 35.7 Å². The maximum absolute atomic E-state index is 12.9. The number of hydrogen-bond acceptors (Lipinski definition) is 5. The van der Waals surface area contributed by atoms with Gasteiger partial charge in [0.05, 0.1) is 23.2 Å². The number of aryl methyl sites for hydroxylation is 1. The second-order valence-corrected chi connectivity index (χ2v) is 10.2. The molecule has 0 spiro atoms. The van der Waals surface area contributed by atoms with Crippen LogP contribution in [-0.4, -0.2) is 26.2 Å². The van der Waals surface area contributed by atoms with Gasteiger partial charge in [-0.05, 0) is 68.0 Å². The maximum atomic E-state index is 12.9. The lowest BCUT2D eigenvalue weighted by Gasteiger charge is -2.69. The number of ether oxygens (including phenoxy) is 2. The van der Waals surface area contributed by atoms with E-state index in [0.717, 1.165) is 5.56 Å². The van der Waals surface area contributed by atoms with Crippen molar-refractivity contribution in [3.05, 3.63) is 54.1 Å². The van der Waals surface area contributed by atoms with Crippen molar-refractivity contribution in [3.63, 3.8) is 0 Å². The Morgan fingerprint density at radius 2 is 1.52 bits per heavy atom. The first-order valence-corrected chi connectivity index (χ1v) is 10.4. The van der Waals surface area contributed by atoms with Gasteiger partial charge in [-0.25, -0.2) is 8.42 Å². The summed E-state index contributed by atoms with van der Waals surface area (Å²) in [6, 6.07) is 13.8. The number of carbonyl (C=O) groups is 1. The Hall–Kier alpha value is -2.34. The van der Waals surface area contributed by atoms with E-state index in [9.17, 15) is 13.2 Å². The summed E-state index contributed by atoms with van der Waals surface area (Å²) in [4.78, 5) is 12.6. The number of hydrogen-bond donors (Lipinski definition) is 0. The Labute approximate surface area is 159 Å². The van der Waals surface area contributed by atoms with Crippen LogP contribution in [0.25, 0.3) is 0 Å². The molecular weight excluding hydrogens is 364 g/mol. The number of benzene rings is 2. The van der Waals surface area contributed by atoms with Crippen molar-refractivity contribution in [1.29, 1.82) is 0 Å². The summed E-state index contributed by atoms with van der Waals surface area (Å²) < 4.78 is 35.6. The molecule has 0 amide bonds. The van der Waals surface area contributed by atoms with Crippen LogP contribution in [0.3, 0.4) is 0 Å². The van der Waals surface area contributed by atoms with Gasteiger partial charge in [0.1, 0.15) is 11.5 Å². The van der Waals surface area contributed by atoms with Crippen LogP contribution in [0.4, 0.5) is 0 Å². The fourth-order valence-electron chi connectivity index (χ4n) is 4.45. The van der Waals surface area contributed by atoms with E-state index in [-0.39, 0.29) is 17.8 Å². The van der Waals surface area contributed by atoms with Gasteiger partial charge in [-0.3, -0.25) is 4.79 Å². The minimum Gasteiger partial charge on any atom is -0.497 e. The van der Waals surface area contributed by atoms with Crippen LogP contribution in [0.1, 0.15) is 31.2 Å². The lowest BCUT2D eigenvalue weighted by molar-refractivity contribution is -0.150. The van der Waals surface area contributed by atoms with Crippen molar-refractivity contribution in [1.82, 2.24) is 0 Å². The highest BCUT2D eigenvalue weighted by atomic mass is 32.2. The molecule has 2 aromatic rings. The third-order valence-electron chi connectivity index (χ3n) is 5.80. The first-order valence-electron chi connectivity index (χ1n) is 8.94. The molecule has 142 valence electrons. The normalized spacial score (nSPS) is 25.9. The number of methoxy groups -OCH3 is 1. The Morgan fingerprint density at radius 3 is 2.07 bits per heavy atom. The standard InChI is InChI=1S/C21H22O5S/c1-15-3-9-18(10-4-15)27(23,24)21-12-20(13-21,14-21)11-19(22)26-17-7-5-16(25-2)6-8-17/h3-10H,11-14H2,1-2H3. The van der Waals surface area contributed by atoms with Gasteiger partial charge >= 0.3 is 5.97 Å². The number of sulfone groups is 1. The molecule has 2 aromatic carbocycles. The first kappa shape index (κ1) is 18.0. The van der Waals surface area contributed by atoms with Crippen LogP contribution in [0.2, 0.25) is 0 Å². The molecule has 6 heteroatoms. The SMILES string of the molecule is COc1ccc(OC(=O)CC23CC(S(=O)(=O)c4ccc(C)cc4)(C2)C3)cc1. The van der Waals surface area contributed by atoms with E-state index in [1.807, 2.05) is 19.1 Å². The highest BCUT2D eigenvalue weighted by molar-refractivity contribution is 7.93. The summed E-state index contributed by atoms with van der Waals surface area (Å²) >= 11 is 0. The zero-order valence-corrected chi connectivity index (χ0v) is 16.2. The van der Waals surface area contributed by atoms with Crippen LogP contribution in [0.5, 0.6) is 11.5 Å². The molecule has 0 unspecified atom stereocenters. The van der Waals surface area contributed by atoms with Gasteiger partial charge in [-0.15, -0.1) is 0 Å². The highest BCUT2D eigenvalue weighted by Gasteiger charge is 2.74. The summed E-state index contributed by atoms with van der Waals surface area (Å²) in [5, 5.41) is 0. The lowest BCUT2D eigenvalue weighted by Crippen LogP contribution is -2.71.